The Morgan fingerprint density at radius 1 is 1.25 bits per heavy atom. The number of benzene rings is 1. The summed E-state index contributed by atoms with van der Waals surface area (Å²) in [7, 11) is 0. The van der Waals surface area contributed by atoms with Crippen LogP contribution < -0.4 is 11.5 Å². The molecule has 1 unspecified atom stereocenters. The molecular weight excluding hydrogens is 366 g/mol. The summed E-state index contributed by atoms with van der Waals surface area (Å²) in [4.78, 5) is 4.48. The molecule has 0 radical (unpaired) electrons. The SMILES string of the molecule is N#CC1=C(C2CCC2)N=C(N)/C(=C\N)C1c1cccc(C#N)c1Br. The van der Waals surface area contributed by atoms with E-state index in [4.69, 9.17) is 11.5 Å². The second kappa shape index (κ2) is 6.51. The molecule has 24 heavy (non-hydrogen) atoms. The molecule has 4 N–H and O–H groups in total. The number of aliphatic imine (C=N–C) groups is 1. The second-order valence-corrected chi connectivity index (χ2v) is 6.70. The van der Waals surface area contributed by atoms with Crippen molar-refractivity contribution >= 4 is 21.8 Å². The molecule has 1 saturated carbocycles. The van der Waals surface area contributed by atoms with E-state index in [2.05, 4.69) is 33.1 Å². The van der Waals surface area contributed by atoms with Crippen molar-refractivity contribution in [3.05, 3.63) is 56.8 Å². The van der Waals surface area contributed by atoms with Gasteiger partial charge in [0.2, 0.25) is 0 Å². The monoisotopic (exact) mass is 381 g/mol. The third kappa shape index (κ3) is 2.50. The fourth-order valence-electron chi connectivity index (χ4n) is 3.18. The van der Waals surface area contributed by atoms with E-state index in [0.717, 1.165) is 30.5 Å². The molecule has 0 bridgehead atoms. The van der Waals surface area contributed by atoms with Gasteiger partial charge in [0.15, 0.2) is 0 Å². The lowest BCUT2D eigenvalue weighted by atomic mass is 9.75. The minimum Gasteiger partial charge on any atom is -0.404 e. The predicted octanol–water partition coefficient (Wildman–Crippen LogP) is 3.20. The largest absolute Gasteiger partial charge is 0.404 e. The van der Waals surface area contributed by atoms with Gasteiger partial charge in [-0.25, -0.2) is 4.99 Å². The highest BCUT2D eigenvalue weighted by Gasteiger charge is 2.36. The van der Waals surface area contributed by atoms with Crippen LogP contribution in [0.3, 0.4) is 0 Å². The van der Waals surface area contributed by atoms with Crippen LogP contribution in [0.25, 0.3) is 0 Å². The van der Waals surface area contributed by atoms with E-state index in [1.807, 2.05) is 6.07 Å². The lowest BCUT2D eigenvalue weighted by Gasteiger charge is -2.33. The van der Waals surface area contributed by atoms with Crippen LogP contribution in [0.1, 0.15) is 36.3 Å². The van der Waals surface area contributed by atoms with Crippen molar-refractivity contribution in [2.45, 2.75) is 25.2 Å². The zero-order valence-electron chi connectivity index (χ0n) is 13.0. The molecule has 1 aromatic rings. The first-order valence-corrected chi connectivity index (χ1v) is 8.50. The van der Waals surface area contributed by atoms with Gasteiger partial charge in [0.25, 0.3) is 0 Å². The molecule has 1 atom stereocenters. The average Bonchev–Trinajstić information content (AvgIpc) is 2.53. The molecule has 6 heteroatoms. The van der Waals surface area contributed by atoms with Crippen molar-refractivity contribution in [2.75, 3.05) is 0 Å². The van der Waals surface area contributed by atoms with Gasteiger partial charge < -0.3 is 11.5 Å². The minimum absolute atomic E-state index is 0.276. The fraction of sp³-hybridized carbons (Fsp3) is 0.278. The highest BCUT2D eigenvalue weighted by molar-refractivity contribution is 9.10. The van der Waals surface area contributed by atoms with Gasteiger partial charge in [-0.3, -0.25) is 0 Å². The Hall–Kier alpha value is -2.57. The third-order valence-corrected chi connectivity index (χ3v) is 5.55. The van der Waals surface area contributed by atoms with Crippen molar-refractivity contribution in [1.29, 1.82) is 10.5 Å². The summed E-state index contributed by atoms with van der Waals surface area (Å²) in [6.07, 6.45) is 4.58. The van der Waals surface area contributed by atoms with Crippen LogP contribution in [0.4, 0.5) is 0 Å². The number of nitriles is 2. The second-order valence-electron chi connectivity index (χ2n) is 5.91. The first-order chi connectivity index (χ1) is 11.6. The molecule has 1 heterocycles. The maximum absolute atomic E-state index is 9.81. The third-order valence-electron chi connectivity index (χ3n) is 4.66. The van der Waals surface area contributed by atoms with Gasteiger partial charge in [-0.1, -0.05) is 18.6 Å². The van der Waals surface area contributed by atoms with Crippen molar-refractivity contribution in [3.8, 4) is 12.1 Å². The van der Waals surface area contributed by atoms with Crippen molar-refractivity contribution in [1.82, 2.24) is 0 Å². The van der Waals surface area contributed by atoms with Crippen LogP contribution >= 0.6 is 15.9 Å². The van der Waals surface area contributed by atoms with E-state index >= 15 is 0 Å². The van der Waals surface area contributed by atoms with Crippen molar-refractivity contribution in [2.24, 2.45) is 22.4 Å². The molecule has 5 nitrogen and oxygen atoms in total. The molecule has 0 spiro atoms. The number of nitrogens with two attached hydrogens (primary N) is 2. The van der Waals surface area contributed by atoms with E-state index in [9.17, 15) is 10.5 Å². The minimum atomic E-state index is -0.407. The molecule has 1 aliphatic heterocycles. The molecule has 120 valence electrons. The lowest BCUT2D eigenvalue weighted by molar-refractivity contribution is 0.362. The van der Waals surface area contributed by atoms with E-state index in [1.165, 1.54) is 6.20 Å². The number of halogens is 1. The van der Waals surface area contributed by atoms with E-state index < -0.39 is 5.92 Å². The zero-order chi connectivity index (χ0) is 17.3. The number of hydrogen-bond acceptors (Lipinski definition) is 5. The fourth-order valence-corrected chi connectivity index (χ4v) is 3.77. The average molecular weight is 382 g/mol. The van der Waals surface area contributed by atoms with Gasteiger partial charge in [0.05, 0.1) is 28.8 Å². The Morgan fingerprint density at radius 2 is 2.00 bits per heavy atom. The van der Waals surface area contributed by atoms with Gasteiger partial charge in [-0.2, -0.15) is 10.5 Å². The Bertz CT molecular complexity index is 862. The van der Waals surface area contributed by atoms with Crippen LogP contribution in [0.15, 0.2) is 50.7 Å². The summed E-state index contributed by atoms with van der Waals surface area (Å²) in [6, 6.07) is 9.87. The first-order valence-electron chi connectivity index (χ1n) is 7.71. The Balaban J connectivity index is 2.24. The first kappa shape index (κ1) is 16.3. The number of nitrogens with zero attached hydrogens (tertiary/aromatic N) is 3. The van der Waals surface area contributed by atoms with Gasteiger partial charge in [-0.15, -0.1) is 0 Å². The van der Waals surface area contributed by atoms with Gasteiger partial charge in [0.1, 0.15) is 11.9 Å². The van der Waals surface area contributed by atoms with Crippen molar-refractivity contribution in [3.63, 3.8) is 0 Å². The van der Waals surface area contributed by atoms with Crippen molar-refractivity contribution < 1.29 is 0 Å². The summed E-state index contributed by atoms with van der Waals surface area (Å²) in [6.45, 7) is 0. The quantitative estimate of drug-likeness (QED) is 0.818. The molecule has 0 aromatic heterocycles. The van der Waals surface area contributed by atoms with Crippen LogP contribution in [0.2, 0.25) is 0 Å². The topological polar surface area (TPSA) is 112 Å². The summed E-state index contributed by atoms with van der Waals surface area (Å²) >= 11 is 3.50. The summed E-state index contributed by atoms with van der Waals surface area (Å²) in [5, 5.41) is 19.1. The zero-order valence-corrected chi connectivity index (χ0v) is 14.5. The van der Waals surface area contributed by atoms with Crippen LogP contribution in [0, 0.1) is 28.6 Å². The molecule has 1 aliphatic carbocycles. The summed E-state index contributed by atoms with van der Waals surface area (Å²) in [5.74, 6) is 0.214. The van der Waals surface area contributed by atoms with Gasteiger partial charge in [-0.05, 0) is 40.4 Å². The predicted molar refractivity (Wildman–Crippen MR) is 95.5 cm³/mol. The maximum Gasteiger partial charge on any atom is 0.129 e. The Morgan fingerprint density at radius 3 is 2.54 bits per heavy atom. The molecular formula is C18H16BrN5. The number of allylic oxidation sites excluding steroid dienone is 2. The Kier molecular flexibility index (Phi) is 4.42. The normalized spacial score (nSPS) is 22.5. The van der Waals surface area contributed by atoms with Crippen LogP contribution in [-0.4, -0.2) is 5.84 Å². The smallest absolute Gasteiger partial charge is 0.129 e. The highest BCUT2D eigenvalue weighted by atomic mass is 79.9. The summed E-state index contributed by atoms with van der Waals surface area (Å²) in [5.41, 5.74) is 15.2. The standard InChI is InChI=1S/C18H16BrN5/c19-16-11(7-20)5-2-6-12(16)15-13(8-21)17(10-3-1-4-10)24-18(23)14(15)9-22/h2,5-6,9-10,15H,1,3-4,22H2,(H2,23,24)/b14-9-. The molecule has 0 amide bonds. The maximum atomic E-state index is 9.81. The molecule has 2 aliphatic rings. The number of amidine groups is 1. The number of hydrogen-bond donors (Lipinski definition) is 2. The van der Waals surface area contributed by atoms with E-state index in [1.54, 1.807) is 12.1 Å². The molecule has 1 fully saturated rings. The van der Waals surface area contributed by atoms with Crippen LogP contribution in [-0.2, 0) is 0 Å². The van der Waals surface area contributed by atoms with E-state index in [-0.39, 0.29) is 5.92 Å². The highest BCUT2D eigenvalue weighted by Crippen LogP contribution is 2.45. The molecule has 1 aromatic carbocycles. The molecule has 3 rings (SSSR count). The van der Waals surface area contributed by atoms with Gasteiger partial charge >= 0.3 is 0 Å². The Labute approximate surface area is 149 Å². The van der Waals surface area contributed by atoms with Gasteiger partial charge in [0, 0.05) is 22.2 Å². The summed E-state index contributed by atoms with van der Waals surface area (Å²) < 4.78 is 0.659. The van der Waals surface area contributed by atoms with Crippen LogP contribution in [0.5, 0.6) is 0 Å². The molecule has 0 saturated heterocycles. The number of rotatable bonds is 2. The lowest BCUT2D eigenvalue weighted by Crippen LogP contribution is -2.29. The van der Waals surface area contributed by atoms with E-state index in [0.29, 0.717) is 27.0 Å².